The van der Waals surface area contributed by atoms with Crippen LogP contribution in [0.25, 0.3) is 0 Å². The van der Waals surface area contributed by atoms with Crippen LogP contribution in [0.3, 0.4) is 0 Å². The predicted molar refractivity (Wildman–Crippen MR) is 101 cm³/mol. The smallest absolute Gasteiger partial charge is 0.125 e. The SMILES string of the molecule is COc1ccc(OC)c(C(O)(CC(C)[N+](C)(C)C)c2ccccc2)c1.[I-]. The fraction of sp³-hybridized carbons (Fsp3) is 0.429. The third-order valence-corrected chi connectivity index (χ3v) is 5.02. The van der Waals surface area contributed by atoms with Crippen molar-refractivity contribution in [2.24, 2.45) is 0 Å². The molecular weight excluding hydrogens is 441 g/mol. The van der Waals surface area contributed by atoms with Gasteiger partial charge in [0.1, 0.15) is 17.1 Å². The molecule has 0 aliphatic heterocycles. The first kappa shape index (κ1) is 22.7. The van der Waals surface area contributed by atoms with E-state index in [1.54, 1.807) is 14.2 Å². The molecular formula is C21H30INO3. The van der Waals surface area contributed by atoms with Crippen molar-refractivity contribution >= 4 is 0 Å². The van der Waals surface area contributed by atoms with Gasteiger partial charge < -0.3 is 43.0 Å². The molecule has 2 atom stereocenters. The van der Waals surface area contributed by atoms with Gasteiger partial charge in [0.2, 0.25) is 0 Å². The second-order valence-corrected chi connectivity index (χ2v) is 7.46. The van der Waals surface area contributed by atoms with Gasteiger partial charge >= 0.3 is 0 Å². The summed E-state index contributed by atoms with van der Waals surface area (Å²) in [5.41, 5.74) is 0.397. The molecule has 0 amide bonds. The van der Waals surface area contributed by atoms with Gasteiger partial charge in [-0.3, -0.25) is 0 Å². The minimum atomic E-state index is -1.17. The predicted octanol–water partition coefficient (Wildman–Crippen LogP) is 0.429. The monoisotopic (exact) mass is 471 g/mol. The van der Waals surface area contributed by atoms with E-state index in [0.29, 0.717) is 17.9 Å². The number of quaternary nitrogens is 1. The fourth-order valence-electron chi connectivity index (χ4n) is 2.94. The highest BCUT2D eigenvalue weighted by atomic mass is 127. The van der Waals surface area contributed by atoms with Crippen LogP contribution in [-0.2, 0) is 5.60 Å². The number of aliphatic hydroxyl groups is 1. The number of ether oxygens (including phenoxy) is 2. The van der Waals surface area contributed by atoms with E-state index in [9.17, 15) is 5.11 Å². The number of benzene rings is 2. The van der Waals surface area contributed by atoms with Gasteiger partial charge in [-0.05, 0) is 30.7 Å². The van der Waals surface area contributed by atoms with Crippen LogP contribution in [0.2, 0.25) is 0 Å². The van der Waals surface area contributed by atoms with E-state index in [2.05, 4.69) is 28.1 Å². The molecule has 0 saturated heterocycles. The molecule has 0 bridgehead atoms. The van der Waals surface area contributed by atoms with Crippen molar-refractivity contribution in [3.05, 3.63) is 59.7 Å². The highest BCUT2D eigenvalue weighted by Gasteiger charge is 2.39. The number of methoxy groups -OCH3 is 2. The van der Waals surface area contributed by atoms with Crippen molar-refractivity contribution < 1.29 is 43.0 Å². The van der Waals surface area contributed by atoms with Crippen molar-refractivity contribution in [3.8, 4) is 11.5 Å². The largest absolute Gasteiger partial charge is 1.00 e. The van der Waals surface area contributed by atoms with Crippen LogP contribution in [0, 0.1) is 0 Å². The van der Waals surface area contributed by atoms with E-state index in [4.69, 9.17) is 9.47 Å². The molecule has 1 N–H and O–H groups in total. The minimum Gasteiger partial charge on any atom is -1.00 e. The summed E-state index contributed by atoms with van der Waals surface area (Å²) in [6, 6.07) is 15.6. The highest BCUT2D eigenvalue weighted by Crippen LogP contribution is 2.41. The Labute approximate surface area is 174 Å². The van der Waals surface area contributed by atoms with E-state index < -0.39 is 5.60 Å². The van der Waals surface area contributed by atoms with Crippen molar-refractivity contribution in [3.63, 3.8) is 0 Å². The van der Waals surface area contributed by atoms with Gasteiger partial charge in [-0.15, -0.1) is 0 Å². The van der Waals surface area contributed by atoms with Crippen LogP contribution in [0.15, 0.2) is 48.5 Å². The first-order chi connectivity index (χ1) is 11.7. The van der Waals surface area contributed by atoms with Crippen molar-refractivity contribution in [1.29, 1.82) is 0 Å². The lowest BCUT2D eigenvalue weighted by atomic mass is 9.80. The Hall–Kier alpha value is -1.31. The molecule has 26 heavy (non-hydrogen) atoms. The van der Waals surface area contributed by atoms with Crippen LogP contribution >= 0.6 is 0 Å². The molecule has 0 aliphatic rings. The summed E-state index contributed by atoms with van der Waals surface area (Å²) >= 11 is 0. The second kappa shape index (κ2) is 9.06. The lowest BCUT2D eigenvalue weighted by Gasteiger charge is -2.38. The maximum atomic E-state index is 11.9. The Morgan fingerprint density at radius 3 is 2.12 bits per heavy atom. The van der Waals surface area contributed by atoms with Gasteiger partial charge in [0, 0.05) is 12.0 Å². The molecule has 0 radical (unpaired) electrons. The maximum absolute atomic E-state index is 11.9. The average molecular weight is 471 g/mol. The Bertz CT molecular complexity index is 700. The topological polar surface area (TPSA) is 38.7 Å². The standard InChI is InChI=1S/C21H30NO3.HI/c1-16(22(2,3)4)15-21(23,17-10-8-7-9-11-17)19-14-18(24-5)12-13-20(19)25-6;/h7-14,16,23H,15H2,1-6H3;1H/q+1;/p-1. The van der Waals surface area contributed by atoms with Crippen molar-refractivity contribution in [2.45, 2.75) is 25.0 Å². The molecule has 0 aliphatic carbocycles. The Kier molecular flexibility index (Phi) is 7.92. The summed E-state index contributed by atoms with van der Waals surface area (Å²) in [5.74, 6) is 1.35. The summed E-state index contributed by atoms with van der Waals surface area (Å²) in [4.78, 5) is 0. The molecule has 4 nitrogen and oxygen atoms in total. The van der Waals surface area contributed by atoms with E-state index in [1.807, 2.05) is 48.5 Å². The summed E-state index contributed by atoms with van der Waals surface area (Å²) in [7, 11) is 9.67. The normalized spacial score (nSPS) is 14.7. The third-order valence-electron chi connectivity index (χ3n) is 5.02. The zero-order chi connectivity index (χ0) is 18.7. The summed E-state index contributed by atoms with van der Waals surface area (Å²) in [6.07, 6.45) is 0.560. The van der Waals surface area contributed by atoms with Crippen LogP contribution in [-0.4, -0.2) is 51.0 Å². The molecule has 5 heteroatoms. The van der Waals surface area contributed by atoms with E-state index in [0.717, 1.165) is 15.6 Å². The van der Waals surface area contributed by atoms with Gasteiger partial charge in [0.05, 0.1) is 41.4 Å². The number of halogens is 1. The molecule has 2 rings (SSSR count). The van der Waals surface area contributed by atoms with Gasteiger partial charge in [-0.1, -0.05) is 30.3 Å². The van der Waals surface area contributed by atoms with Crippen LogP contribution in [0.1, 0.15) is 24.5 Å². The number of nitrogens with zero attached hydrogens (tertiary/aromatic N) is 1. The zero-order valence-corrected chi connectivity index (χ0v) is 18.6. The lowest BCUT2D eigenvalue weighted by Crippen LogP contribution is -3.00. The van der Waals surface area contributed by atoms with Crippen molar-refractivity contribution in [1.82, 2.24) is 0 Å². The second-order valence-electron chi connectivity index (χ2n) is 7.46. The van der Waals surface area contributed by atoms with E-state index in [1.165, 1.54) is 0 Å². The molecule has 0 spiro atoms. The first-order valence-electron chi connectivity index (χ1n) is 8.54. The fourth-order valence-corrected chi connectivity index (χ4v) is 2.94. The van der Waals surface area contributed by atoms with Crippen LogP contribution in [0.5, 0.6) is 11.5 Å². The highest BCUT2D eigenvalue weighted by molar-refractivity contribution is 5.48. The van der Waals surface area contributed by atoms with Crippen molar-refractivity contribution in [2.75, 3.05) is 35.4 Å². The lowest BCUT2D eigenvalue weighted by molar-refractivity contribution is -0.895. The van der Waals surface area contributed by atoms with Gasteiger partial charge in [0.15, 0.2) is 0 Å². The zero-order valence-electron chi connectivity index (χ0n) is 16.5. The van der Waals surface area contributed by atoms with Gasteiger partial charge in [-0.2, -0.15) is 0 Å². The molecule has 2 aromatic rings. The molecule has 2 aromatic carbocycles. The molecule has 0 heterocycles. The Morgan fingerprint density at radius 2 is 1.62 bits per heavy atom. The molecule has 144 valence electrons. The van der Waals surface area contributed by atoms with Crippen LogP contribution in [0.4, 0.5) is 0 Å². The summed E-state index contributed by atoms with van der Waals surface area (Å²) in [5, 5.41) is 11.9. The van der Waals surface area contributed by atoms with Gasteiger partial charge in [-0.25, -0.2) is 0 Å². The molecule has 0 saturated carbocycles. The Morgan fingerprint density at radius 1 is 1.00 bits per heavy atom. The minimum absolute atomic E-state index is 0. The number of rotatable bonds is 7. The quantitative estimate of drug-likeness (QED) is 0.471. The Balaban J connectivity index is 0.00000338. The average Bonchev–Trinajstić information content (AvgIpc) is 2.60. The summed E-state index contributed by atoms with van der Waals surface area (Å²) < 4.78 is 11.7. The van der Waals surface area contributed by atoms with E-state index in [-0.39, 0.29) is 30.0 Å². The molecule has 0 aromatic heterocycles. The van der Waals surface area contributed by atoms with Crippen LogP contribution < -0.4 is 33.5 Å². The summed E-state index contributed by atoms with van der Waals surface area (Å²) in [6.45, 7) is 2.15. The number of hydrogen-bond acceptors (Lipinski definition) is 3. The van der Waals surface area contributed by atoms with Gasteiger partial charge in [0.25, 0.3) is 0 Å². The number of hydrogen-bond donors (Lipinski definition) is 1. The molecule has 2 unspecified atom stereocenters. The first-order valence-corrected chi connectivity index (χ1v) is 8.54. The third kappa shape index (κ3) is 4.90. The molecule has 0 fully saturated rings. The maximum Gasteiger partial charge on any atom is 0.125 e. The van der Waals surface area contributed by atoms with E-state index >= 15 is 0 Å².